The first-order valence-corrected chi connectivity index (χ1v) is 4.04. The number of H-pyrrole nitrogens is 1. The zero-order valence-electron chi connectivity index (χ0n) is 4.57. The van der Waals surface area contributed by atoms with Crippen LogP contribution in [0.1, 0.15) is 5.69 Å². The Hall–Kier alpha value is -0.0200. The predicted octanol–water partition coefficient (Wildman–Crippen LogP) is 3.10. The largest absolute Gasteiger partial charge is 0.362 e. The van der Waals surface area contributed by atoms with E-state index in [4.69, 9.17) is 0 Å². The van der Waals surface area contributed by atoms with Gasteiger partial charge in [0.1, 0.15) is 0 Å². The van der Waals surface area contributed by atoms with E-state index in [0.717, 1.165) is 9.09 Å². The van der Waals surface area contributed by atoms with Crippen LogP contribution in [-0.4, -0.2) is 4.98 Å². The minimum atomic E-state index is 0.942. The Kier molecular flexibility index (Phi) is 2.54. The minimum Gasteiger partial charge on any atom is -0.362 e. The number of aromatic amines is 1. The van der Waals surface area contributed by atoms with Gasteiger partial charge < -0.3 is 4.98 Å². The molecule has 0 aliphatic carbocycles. The molecule has 1 nitrogen and oxygen atoms in total. The second-order valence-corrected chi connectivity index (χ2v) is 4.33. The molecule has 0 unspecified atom stereocenters. The van der Waals surface area contributed by atoms with Crippen molar-refractivity contribution in [2.75, 3.05) is 0 Å². The van der Waals surface area contributed by atoms with Crippen molar-refractivity contribution in [3.8, 4) is 0 Å². The first kappa shape index (κ1) is 7.09. The summed E-state index contributed by atoms with van der Waals surface area (Å²) in [6.07, 6.45) is 3.83. The van der Waals surface area contributed by atoms with Crippen LogP contribution in [0.25, 0.3) is 6.08 Å². The van der Waals surface area contributed by atoms with Gasteiger partial charge in [-0.2, -0.15) is 0 Å². The molecule has 0 saturated carbocycles. The van der Waals surface area contributed by atoms with E-state index in [-0.39, 0.29) is 0 Å². The van der Waals surface area contributed by atoms with E-state index in [2.05, 4.69) is 36.8 Å². The monoisotopic (exact) mass is 249 g/mol. The van der Waals surface area contributed by atoms with Gasteiger partial charge in [-0.25, -0.2) is 0 Å². The van der Waals surface area contributed by atoms with Crippen molar-refractivity contribution in [1.82, 2.24) is 4.98 Å². The maximum Gasteiger partial charge on any atom is 0.0624 e. The highest BCUT2D eigenvalue weighted by Crippen LogP contribution is 2.16. The molecule has 1 rings (SSSR count). The van der Waals surface area contributed by atoms with Crippen molar-refractivity contribution in [3.05, 3.63) is 27.4 Å². The van der Waals surface area contributed by atoms with Gasteiger partial charge in [-0.15, -0.1) is 0 Å². The molecule has 0 amide bonds. The van der Waals surface area contributed by atoms with Gasteiger partial charge >= 0.3 is 0 Å². The SMILES string of the molecule is BrC(Br)=Cc1ccc[nH]1. The van der Waals surface area contributed by atoms with E-state index in [0.29, 0.717) is 0 Å². The highest BCUT2D eigenvalue weighted by atomic mass is 79.9. The van der Waals surface area contributed by atoms with Crippen LogP contribution >= 0.6 is 31.9 Å². The average molecular weight is 251 g/mol. The normalized spacial score (nSPS) is 9.11. The summed E-state index contributed by atoms with van der Waals surface area (Å²) in [5.74, 6) is 0. The Labute approximate surface area is 70.4 Å². The van der Waals surface area contributed by atoms with Crippen LogP contribution in [-0.2, 0) is 0 Å². The lowest BCUT2D eigenvalue weighted by Gasteiger charge is -1.82. The summed E-state index contributed by atoms with van der Waals surface area (Å²) in [7, 11) is 0. The molecule has 0 radical (unpaired) electrons. The third-order valence-corrected chi connectivity index (χ3v) is 1.34. The maximum atomic E-state index is 3.25. The van der Waals surface area contributed by atoms with E-state index in [1.54, 1.807) is 0 Å². The zero-order valence-corrected chi connectivity index (χ0v) is 7.74. The first-order chi connectivity index (χ1) is 4.29. The quantitative estimate of drug-likeness (QED) is 0.789. The van der Waals surface area contributed by atoms with E-state index in [1.807, 2.05) is 24.4 Å². The van der Waals surface area contributed by atoms with Gasteiger partial charge in [0.05, 0.1) is 3.39 Å². The van der Waals surface area contributed by atoms with Crippen molar-refractivity contribution in [2.24, 2.45) is 0 Å². The van der Waals surface area contributed by atoms with Crippen molar-refractivity contribution in [3.63, 3.8) is 0 Å². The fourth-order valence-electron chi connectivity index (χ4n) is 0.552. The van der Waals surface area contributed by atoms with Gasteiger partial charge in [-0.1, -0.05) is 0 Å². The molecule has 0 fully saturated rings. The molecule has 1 aromatic rings. The zero-order chi connectivity index (χ0) is 6.69. The number of halogens is 2. The minimum absolute atomic E-state index is 0.942. The third-order valence-electron chi connectivity index (χ3n) is 0.887. The molecular formula is C6H5Br2N. The predicted molar refractivity (Wildman–Crippen MR) is 46.6 cm³/mol. The van der Waals surface area contributed by atoms with E-state index in [1.165, 1.54) is 0 Å². The van der Waals surface area contributed by atoms with Gasteiger partial charge in [0, 0.05) is 11.9 Å². The number of hydrogen-bond donors (Lipinski definition) is 1. The molecule has 1 heterocycles. The molecule has 0 aliphatic heterocycles. The van der Waals surface area contributed by atoms with Crippen molar-refractivity contribution < 1.29 is 0 Å². The summed E-state index contributed by atoms with van der Waals surface area (Å²) in [5.41, 5.74) is 1.08. The standard InChI is InChI=1S/C6H5Br2N/c7-6(8)4-5-2-1-3-9-5/h1-4,9H. The second-order valence-electron chi connectivity index (χ2n) is 1.56. The maximum absolute atomic E-state index is 3.25. The number of rotatable bonds is 1. The number of hydrogen-bond acceptors (Lipinski definition) is 0. The van der Waals surface area contributed by atoms with Crippen LogP contribution in [0.2, 0.25) is 0 Å². The molecule has 0 saturated heterocycles. The summed E-state index contributed by atoms with van der Waals surface area (Å²) >= 11 is 6.51. The highest BCUT2D eigenvalue weighted by Gasteiger charge is 1.85. The lowest BCUT2D eigenvalue weighted by Crippen LogP contribution is -1.64. The van der Waals surface area contributed by atoms with Gasteiger partial charge in [-0.3, -0.25) is 0 Å². The number of aromatic nitrogens is 1. The summed E-state index contributed by atoms with van der Waals surface area (Å²) in [5, 5.41) is 0. The molecule has 1 aromatic heterocycles. The summed E-state index contributed by atoms with van der Waals surface area (Å²) in [6, 6.07) is 3.94. The summed E-state index contributed by atoms with van der Waals surface area (Å²) in [4.78, 5) is 3.03. The molecule has 0 atom stereocenters. The molecule has 0 spiro atoms. The Morgan fingerprint density at radius 3 is 2.78 bits per heavy atom. The average Bonchev–Trinajstić information content (AvgIpc) is 2.15. The Morgan fingerprint density at radius 2 is 2.33 bits per heavy atom. The molecule has 9 heavy (non-hydrogen) atoms. The van der Waals surface area contributed by atoms with Crippen molar-refractivity contribution in [2.45, 2.75) is 0 Å². The van der Waals surface area contributed by atoms with Crippen LogP contribution in [0.4, 0.5) is 0 Å². The van der Waals surface area contributed by atoms with Gasteiger partial charge in [0.2, 0.25) is 0 Å². The molecule has 0 aromatic carbocycles. The van der Waals surface area contributed by atoms with E-state index >= 15 is 0 Å². The van der Waals surface area contributed by atoms with Crippen LogP contribution in [0.15, 0.2) is 21.7 Å². The lowest BCUT2D eigenvalue weighted by atomic mass is 10.4. The van der Waals surface area contributed by atoms with Crippen LogP contribution in [0, 0.1) is 0 Å². The summed E-state index contributed by atoms with van der Waals surface area (Å²) in [6.45, 7) is 0. The van der Waals surface area contributed by atoms with E-state index < -0.39 is 0 Å². The summed E-state index contributed by atoms with van der Waals surface area (Å²) < 4.78 is 0.942. The van der Waals surface area contributed by atoms with Gasteiger partial charge in [-0.05, 0) is 50.1 Å². The van der Waals surface area contributed by atoms with Crippen molar-refractivity contribution in [1.29, 1.82) is 0 Å². The lowest BCUT2D eigenvalue weighted by molar-refractivity contribution is 1.38. The Balaban J connectivity index is 2.80. The molecule has 0 bridgehead atoms. The topological polar surface area (TPSA) is 15.8 Å². The van der Waals surface area contributed by atoms with Crippen LogP contribution in [0.5, 0.6) is 0 Å². The smallest absolute Gasteiger partial charge is 0.0624 e. The fraction of sp³-hybridized carbons (Fsp3) is 0. The fourth-order valence-corrected chi connectivity index (χ4v) is 1.04. The Morgan fingerprint density at radius 1 is 1.56 bits per heavy atom. The van der Waals surface area contributed by atoms with Crippen LogP contribution in [0.3, 0.4) is 0 Å². The Bertz CT molecular complexity index is 197. The molecule has 0 aliphatic rings. The molecule has 48 valence electrons. The number of nitrogens with one attached hydrogen (secondary N) is 1. The second kappa shape index (κ2) is 3.22. The molecule has 3 heteroatoms. The van der Waals surface area contributed by atoms with Gasteiger partial charge in [0.25, 0.3) is 0 Å². The van der Waals surface area contributed by atoms with Crippen molar-refractivity contribution >= 4 is 37.9 Å². The first-order valence-electron chi connectivity index (χ1n) is 2.45. The highest BCUT2D eigenvalue weighted by molar-refractivity contribution is 9.28. The molecule has 1 N–H and O–H groups in total. The van der Waals surface area contributed by atoms with E-state index in [9.17, 15) is 0 Å². The van der Waals surface area contributed by atoms with Gasteiger partial charge in [0.15, 0.2) is 0 Å². The molecular weight excluding hydrogens is 246 g/mol. The van der Waals surface area contributed by atoms with Crippen LogP contribution < -0.4 is 0 Å². The third kappa shape index (κ3) is 2.37.